The highest BCUT2D eigenvalue weighted by Crippen LogP contribution is 2.29. The minimum absolute atomic E-state index is 0.488. The number of aryl methyl sites for hydroxylation is 1. The number of fused-ring (bicyclic) bond motifs is 1. The second-order valence-corrected chi connectivity index (χ2v) is 5.58. The average Bonchev–Trinajstić information content (AvgIpc) is 2.89. The van der Waals surface area contributed by atoms with E-state index in [9.17, 15) is 0 Å². The van der Waals surface area contributed by atoms with Crippen molar-refractivity contribution in [2.45, 2.75) is 26.7 Å². The zero-order valence-corrected chi connectivity index (χ0v) is 12.8. The highest BCUT2D eigenvalue weighted by Gasteiger charge is 2.10. The number of hydrogen-bond donors (Lipinski definition) is 1. The van der Waals surface area contributed by atoms with E-state index in [4.69, 9.17) is 4.74 Å². The van der Waals surface area contributed by atoms with E-state index in [-0.39, 0.29) is 0 Å². The summed E-state index contributed by atoms with van der Waals surface area (Å²) in [6.07, 6.45) is 3.40. The highest BCUT2D eigenvalue weighted by molar-refractivity contribution is 5.86. The van der Waals surface area contributed by atoms with E-state index in [0.717, 1.165) is 16.8 Å². The van der Waals surface area contributed by atoms with E-state index in [1.54, 1.807) is 19.5 Å². The fraction of sp³-hybridized carbons (Fsp3) is 0.294. The fourth-order valence-electron chi connectivity index (χ4n) is 2.46. The second kappa shape index (κ2) is 5.20. The number of hydrogen-bond acceptors (Lipinski definition) is 3. The standard InChI is InChI=1S/C17H19N3O/c1-10(2)14-6-12-5-11(3)13(7-15(12)20-14)16-8-19-17(21-4)9-18-16/h5-10,20H,1-4H3. The molecule has 3 rings (SSSR count). The molecular weight excluding hydrogens is 262 g/mol. The molecule has 4 nitrogen and oxygen atoms in total. The third-order valence-corrected chi connectivity index (χ3v) is 3.72. The van der Waals surface area contributed by atoms with Gasteiger partial charge in [0.2, 0.25) is 5.88 Å². The number of H-pyrrole nitrogens is 1. The average molecular weight is 281 g/mol. The largest absolute Gasteiger partial charge is 0.480 e. The van der Waals surface area contributed by atoms with Crippen LogP contribution in [0.1, 0.15) is 31.0 Å². The summed E-state index contributed by atoms with van der Waals surface area (Å²) in [5.41, 5.74) is 5.53. The van der Waals surface area contributed by atoms with Gasteiger partial charge in [-0.15, -0.1) is 0 Å². The van der Waals surface area contributed by atoms with Crippen LogP contribution in [0, 0.1) is 6.92 Å². The predicted octanol–water partition coefficient (Wildman–Crippen LogP) is 4.07. The number of nitrogens with one attached hydrogen (secondary N) is 1. The molecule has 0 aliphatic heterocycles. The van der Waals surface area contributed by atoms with Gasteiger partial charge in [0.1, 0.15) is 0 Å². The van der Waals surface area contributed by atoms with Crippen LogP contribution in [-0.4, -0.2) is 22.1 Å². The van der Waals surface area contributed by atoms with Crippen LogP contribution in [-0.2, 0) is 0 Å². The molecule has 0 atom stereocenters. The minimum atomic E-state index is 0.488. The number of rotatable bonds is 3. The van der Waals surface area contributed by atoms with E-state index in [1.807, 2.05) is 0 Å². The Balaban J connectivity index is 2.10. The molecule has 2 heterocycles. The topological polar surface area (TPSA) is 50.8 Å². The third-order valence-electron chi connectivity index (χ3n) is 3.72. The molecule has 1 aromatic carbocycles. The lowest BCUT2D eigenvalue weighted by Gasteiger charge is -2.06. The molecule has 0 radical (unpaired) electrons. The van der Waals surface area contributed by atoms with Gasteiger partial charge in [-0.1, -0.05) is 13.8 Å². The number of aromatic amines is 1. The Morgan fingerprint density at radius 1 is 1.10 bits per heavy atom. The van der Waals surface area contributed by atoms with E-state index in [0.29, 0.717) is 11.8 Å². The molecule has 0 aliphatic carbocycles. The minimum Gasteiger partial charge on any atom is -0.480 e. The van der Waals surface area contributed by atoms with Gasteiger partial charge in [-0.05, 0) is 42.0 Å². The van der Waals surface area contributed by atoms with Gasteiger partial charge in [0.15, 0.2) is 0 Å². The molecule has 0 amide bonds. The Labute approximate surface area is 124 Å². The first-order valence-electron chi connectivity index (χ1n) is 7.08. The summed E-state index contributed by atoms with van der Waals surface area (Å²) < 4.78 is 5.06. The van der Waals surface area contributed by atoms with E-state index in [1.165, 1.54) is 16.6 Å². The van der Waals surface area contributed by atoms with Crippen molar-refractivity contribution in [3.8, 4) is 17.1 Å². The molecular formula is C17H19N3O. The normalized spacial score (nSPS) is 11.3. The molecule has 4 heteroatoms. The van der Waals surface area contributed by atoms with Gasteiger partial charge < -0.3 is 9.72 Å². The highest BCUT2D eigenvalue weighted by atomic mass is 16.5. The summed E-state index contributed by atoms with van der Waals surface area (Å²) in [5.74, 6) is 1.02. The molecule has 21 heavy (non-hydrogen) atoms. The lowest BCUT2D eigenvalue weighted by molar-refractivity contribution is 0.396. The Morgan fingerprint density at radius 2 is 1.90 bits per heavy atom. The summed E-state index contributed by atoms with van der Waals surface area (Å²) in [6.45, 7) is 6.48. The molecule has 0 bridgehead atoms. The van der Waals surface area contributed by atoms with Crippen molar-refractivity contribution >= 4 is 10.9 Å². The maximum absolute atomic E-state index is 5.06. The second-order valence-electron chi connectivity index (χ2n) is 5.58. The summed E-state index contributed by atoms with van der Waals surface area (Å²) >= 11 is 0. The Hall–Kier alpha value is -2.36. The van der Waals surface area contributed by atoms with Crippen molar-refractivity contribution in [2.24, 2.45) is 0 Å². The number of ether oxygens (including phenoxy) is 1. The Kier molecular flexibility index (Phi) is 3.37. The summed E-state index contributed by atoms with van der Waals surface area (Å²) in [5, 5.41) is 1.24. The third kappa shape index (κ3) is 2.49. The van der Waals surface area contributed by atoms with Gasteiger partial charge in [-0.3, -0.25) is 0 Å². The van der Waals surface area contributed by atoms with E-state index in [2.05, 4.69) is 53.9 Å². The Morgan fingerprint density at radius 3 is 2.52 bits per heavy atom. The summed E-state index contributed by atoms with van der Waals surface area (Å²) in [6, 6.07) is 6.56. The van der Waals surface area contributed by atoms with Crippen molar-refractivity contribution in [3.63, 3.8) is 0 Å². The maximum atomic E-state index is 5.06. The first kappa shape index (κ1) is 13.6. The molecule has 3 aromatic rings. The number of aromatic nitrogens is 3. The molecule has 1 N–H and O–H groups in total. The number of nitrogens with zero attached hydrogens (tertiary/aromatic N) is 2. The van der Waals surface area contributed by atoms with Crippen LogP contribution in [0.25, 0.3) is 22.2 Å². The van der Waals surface area contributed by atoms with Gasteiger partial charge in [0.05, 0.1) is 25.2 Å². The van der Waals surface area contributed by atoms with Crippen molar-refractivity contribution in [1.82, 2.24) is 15.0 Å². The van der Waals surface area contributed by atoms with Crippen molar-refractivity contribution in [1.29, 1.82) is 0 Å². The van der Waals surface area contributed by atoms with Gasteiger partial charge in [-0.2, -0.15) is 0 Å². The molecule has 0 saturated carbocycles. The molecule has 108 valence electrons. The zero-order valence-electron chi connectivity index (χ0n) is 12.8. The SMILES string of the molecule is COc1cnc(-c2cc3[nH]c(C(C)C)cc3cc2C)cn1. The first-order valence-corrected chi connectivity index (χ1v) is 7.08. The van der Waals surface area contributed by atoms with Gasteiger partial charge in [0.25, 0.3) is 0 Å². The fourth-order valence-corrected chi connectivity index (χ4v) is 2.46. The van der Waals surface area contributed by atoms with E-state index < -0.39 is 0 Å². The van der Waals surface area contributed by atoms with Crippen LogP contribution in [0.3, 0.4) is 0 Å². The lowest BCUT2D eigenvalue weighted by atomic mass is 10.0. The molecule has 0 aliphatic rings. The van der Waals surface area contributed by atoms with Crippen molar-refractivity contribution in [3.05, 3.63) is 41.9 Å². The van der Waals surface area contributed by atoms with Crippen LogP contribution in [0.4, 0.5) is 0 Å². The van der Waals surface area contributed by atoms with Crippen LogP contribution in [0.15, 0.2) is 30.6 Å². The quantitative estimate of drug-likeness (QED) is 0.787. The van der Waals surface area contributed by atoms with Gasteiger partial charge in [-0.25, -0.2) is 9.97 Å². The Bertz CT molecular complexity index is 773. The van der Waals surface area contributed by atoms with Crippen LogP contribution in [0.5, 0.6) is 5.88 Å². The number of methoxy groups -OCH3 is 1. The molecule has 2 aromatic heterocycles. The zero-order chi connectivity index (χ0) is 15.0. The maximum Gasteiger partial charge on any atom is 0.232 e. The molecule has 0 fully saturated rings. The molecule has 0 unspecified atom stereocenters. The monoisotopic (exact) mass is 281 g/mol. The van der Waals surface area contributed by atoms with E-state index >= 15 is 0 Å². The lowest BCUT2D eigenvalue weighted by Crippen LogP contribution is -1.92. The van der Waals surface area contributed by atoms with Gasteiger partial charge in [0, 0.05) is 16.8 Å². The predicted molar refractivity (Wildman–Crippen MR) is 84.7 cm³/mol. The van der Waals surface area contributed by atoms with Crippen LogP contribution < -0.4 is 4.74 Å². The van der Waals surface area contributed by atoms with Crippen LogP contribution >= 0.6 is 0 Å². The van der Waals surface area contributed by atoms with Crippen molar-refractivity contribution < 1.29 is 4.74 Å². The smallest absolute Gasteiger partial charge is 0.232 e. The van der Waals surface area contributed by atoms with Crippen molar-refractivity contribution in [2.75, 3.05) is 7.11 Å². The number of benzene rings is 1. The molecule has 0 saturated heterocycles. The van der Waals surface area contributed by atoms with Gasteiger partial charge >= 0.3 is 0 Å². The molecule has 0 spiro atoms. The summed E-state index contributed by atoms with van der Waals surface area (Å²) in [7, 11) is 1.59. The summed E-state index contributed by atoms with van der Waals surface area (Å²) in [4.78, 5) is 12.1. The first-order chi connectivity index (χ1) is 10.1. The van der Waals surface area contributed by atoms with Crippen LogP contribution in [0.2, 0.25) is 0 Å².